The van der Waals surface area contributed by atoms with Gasteiger partial charge >= 0.3 is 6.03 Å². The minimum absolute atomic E-state index is 0.0329. The lowest BCUT2D eigenvalue weighted by Gasteiger charge is -2.25. The minimum Gasteiger partial charge on any atom is -0.488 e. The SMILES string of the molecule is O=C1NC(=O)N(Cc2ccco2)C(=O)C1=Cc1ccccc1OCc1cccc([N+](=O)[O-])c1. The molecule has 166 valence electrons. The predicted octanol–water partition coefficient (Wildman–Crippen LogP) is 3.43. The Morgan fingerprint density at radius 3 is 2.64 bits per heavy atom. The Morgan fingerprint density at radius 1 is 1.06 bits per heavy atom. The van der Waals surface area contributed by atoms with Gasteiger partial charge in [0.05, 0.1) is 17.7 Å². The number of imide groups is 2. The number of nitrogens with one attached hydrogen (secondary N) is 1. The summed E-state index contributed by atoms with van der Waals surface area (Å²) in [6.45, 7) is -0.0989. The molecule has 0 radical (unpaired) electrons. The number of nitro groups is 1. The van der Waals surface area contributed by atoms with Gasteiger partial charge in [-0.15, -0.1) is 0 Å². The molecule has 10 heteroatoms. The van der Waals surface area contributed by atoms with E-state index in [1.807, 2.05) is 0 Å². The lowest BCUT2D eigenvalue weighted by molar-refractivity contribution is -0.384. The van der Waals surface area contributed by atoms with Crippen molar-refractivity contribution in [3.05, 3.63) is 99.5 Å². The maximum Gasteiger partial charge on any atom is 0.331 e. The number of amides is 4. The fraction of sp³-hybridized carbons (Fsp3) is 0.0870. The number of benzene rings is 2. The Kier molecular flexibility index (Phi) is 5.98. The van der Waals surface area contributed by atoms with Crippen LogP contribution in [-0.2, 0) is 22.7 Å². The van der Waals surface area contributed by atoms with Crippen LogP contribution in [0.4, 0.5) is 10.5 Å². The van der Waals surface area contributed by atoms with E-state index in [-0.39, 0.29) is 24.4 Å². The van der Waals surface area contributed by atoms with Crippen molar-refractivity contribution >= 4 is 29.6 Å². The number of non-ortho nitro benzene ring substituents is 1. The molecule has 33 heavy (non-hydrogen) atoms. The Hall–Kier alpha value is -4.73. The van der Waals surface area contributed by atoms with Gasteiger partial charge in [0, 0.05) is 17.7 Å². The number of hydrogen-bond donors (Lipinski definition) is 1. The lowest BCUT2D eigenvalue weighted by Crippen LogP contribution is -2.53. The summed E-state index contributed by atoms with van der Waals surface area (Å²) < 4.78 is 11.0. The summed E-state index contributed by atoms with van der Waals surface area (Å²) in [6.07, 6.45) is 2.75. The van der Waals surface area contributed by atoms with E-state index >= 15 is 0 Å². The van der Waals surface area contributed by atoms with Gasteiger partial charge in [0.2, 0.25) is 0 Å². The fourth-order valence-corrected chi connectivity index (χ4v) is 3.20. The van der Waals surface area contributed by atoms with E-state index in [1.165, 1.54) is 24.5 Å². The smallest absolute Gasteiger partial charge is 0.331 e. The number of furan rings is 1. The van der Waals surface area contributed by atoms with Crippen molar-refractivity contribution in [3.8, 4) is 5.75 Å². The molecule has 0 aliphatic carbocycles. The number of carbonyl (C=O) groups excluding carboxylic acids is 3. The fourth-order valence-electron chi connectivity index (χ4n) is 3.20. The third-order valence-electron chi connectivity index (χ3n) is 4.81. The average Bonchev–Trinajstić information content (AvgIpc) is 3.32. The molecule has 10 nitrogen and oxygen atoms in total. The first-order chi connectivity index (χ1) is 15.9. The van der Waals surface area contributed by atoms with E-state index in [0.29, 0.717) is 22.6 Å². The van der Waals surface area contributed by atoms with Crippen LogP contribution in [-0.4, -0.2) is 27.7 Å². The molecule has 1 saturated heterocycles. The van der Waals surface area contributed by atoms with Crippen molar-refractivity contribution in [2.45, 2.75) is 13.2 Å². The number of urea groups is 1. The Labute approximate surface area is 187 Å². The molecule has 0 atom stereocenters. The third kappa shape index (κ3) is 4.79. The number of ether oxygens (including phenoxy) is 1. The summed E-state index contributed by atoms with van der Waals surface area (Å²) >= 11 is 0. The van der Waals surface area contributed by atoms with Gasteiger partial charge in [0.15, 0.2) is 0 Å². The van der Waals surface area contributed by atoms with Crippen LogP contribution in [0.2, 0.25) is 0 Å². The molecule has 2 aromatic carbocycles. The highest BCUT2D eigenvalue weighted by Crippen LogP contribution is 2.25. The number of rotatable bonds is 7. The van der Waals surface area contributed by atoms with Gasteiger partial charge in [0.1, 0.15) is 23.7 Å². The lowest BCUT2D eigenvalue weighted by atomic mass is 10.1. The first-order valence-corrected chi connectivity index (χ1v) is 9.79. The van der Waals surface area contributed by atoms with Crippen LogP contribution in [0.3, 0.4) is 0 Å². The zero-order valence-electron chi connectivity index (χ0n) is 17.1. The van der Waals surface area contributed by atoms with Crippen molar-refractivity contribution in [2.75, 3.05) is 0 Å². The van der Waals surface area contributed by atoms with Crippen LogP contribution in [0.5, 0.6) is 5.75 Å². The van der Waals surface area contributed by atoms with Crippen LogP contribution in [0.15, 0.2) is 76.9 Å². The van der Waals surface area contributed by atoms with Gasteiger partial charge in [-0.2, -0.15) is 0 Å². The van der Waals surface area contributed by atoms with Crippen molar-refractivity contribution in [1.29, 1.82) is 0 Å². The van der Waals surface area contributed by atoms with Crippen molar-refractivity contribution in [1.82, 2.24) is 10.2 Å². The zero-order chi connectivity index (χ0) is 23.4. The Balaban J connectivity index is 1.57. The molecular formula is C23H17N3O7. The van der Waals surface area contributed by atoms with Gasteiger partial charge in [0.25, 0.3) is 17.5 Å². The topological polar surface area (TPSA) is 132 Å². The maximum absolute atomic E-state index is 12.9. The molecule has 3 aromatic rings. The summed E-state index contributed by atoms with van der Waals surface area (Å²) in [5, 5.41) is 13.1. The molecule has 0 spiro atoms. The van der Waals surface area contributed by atoms with E-state index < -0.39 is 22.8 Å². The number of hydrogen-bond acceptors (Lipinski definition) is 7. The summed E-state index contributed by atoms with van der Waals surface area (Å²) in [7, 11) is 0. The molecule has 0 bridgehead atoms. The summed E-state index contributed by atoms with van der Waals surface area (Å²) in [5.74, 6) is -0.859. The van der Waals surface area contributed by atoms with E-state index in [1.54, 1.807) is 48.5 Å². The number of nitrogens with zero attached hydrogens (tertiary/aromatic N) is 2. The van der Waals surface area contributed by atoms with E-state index in [0.717, 1.165) is 4.90 Å². The molecule has 2 heterocycles. The molecule has 1 aliphatic rings. The monoisotopic (exact) mass is 447 g/mol. The molecule has 1 fully saturated rings. The van der Waals surface area contributed by atoms with Gasteiger partial charge in [-0.25, -0.2) is 4.79 Å². The van der Waals surface area contributed by atoms with Crippen molar-refractivity contribution in [2.24, 2.45) is 0 Å². The molecule has 1 N–H and O–H groups in total. The van der Waals surface area contributed by atoms with E-state index in [4.69, 9.17) is 9.15 Å². The largest absolute Gasteiger partial charge is 0.488 e. The first-order valence-electron chi connectivity index (χ1n) is 9.79. The van der Waals surface area contributed by atoms with Crippen LogP contribution < -0.4 is 10.1 Å². The zero-order valence-corrected chi connectivity index (χ0v) is 17.1. The third-order valence-corrected chi connectivity index (χ3v) is 4.81. The summed E-state index contributed by atoms with van der Waals surface area (Å²) in [5.41, 5.74) is 0.701. The molecule has 0 unspecified atom stereocenters. The van der Waals surface area contributed by atoms with Crippen LogP contribution in [0.25, 0.3) is 6.08 Å². The summed E-state index contributed by atoms with van der Waals surface area (Å²) in [4.78, 5) is 48.8. The van der Waals surface area contributed by atoms with Crippen LogP contribution in [0.1, 0.15) is 16.9 Å². The number of para-hydroxylation sites is 1. The van der Waals surface area contributed by atoms with Crippen molar-refractivity contribution < 1.29 is 28.5 Å². The second kappa shape index (κ2) is 9.18. The molecule has 4 rings (SSSR count). The van der Waals surface area contributed by atoms with E-state index in [9.17, 15) is 24.5 Å². The molecular weight excluding hydrogens is 430 g/mol. The Bertz CT molecular complexity index is 1260. The highest BCUT2D eigenvalue weighted by atomic mass is 16.6. The Morgan fingerprint density at radius 2 is 1.88 bits per heavy atom. The number of nitro benzene ring substituents is 1. The second-order valence-corrected chi connectivity index (χ2v) is 7.04. The molecule has 1 aliphatic heterocycles. The van der Waals surface area contributed by atoms with Gasteiger partial charge < -0.3 is 9.15 Å². The highest BCUT2D eigenvalue weighted by molar-refractivity contribution is 6.31. The molecule has 1 aromatic heterocycles. The molecule has 0 saturated carbocycles. The standard InChI is InChI=1S/C23H17N3O7/c27-21-19(22(28)25(23(29)24-21)13-18-8-4-10-32-18)12-16-6-1-2-9-20(16)33-14-15-5-3-7-17(11-15)26(30)31/h1-12H,13-14H2,(H,24,27,29). The maximum atomic E-state index is 12.9. The minimum atomic E-state index is -0.839. The second-order valence-electron chi connectivity index (χ2n) is 7.04. The van der Waals surface area contributed by atoms with Gasteiger partial charge in [-0.3, -0.25) is 29.9 Å². The van der Waals surface area contributed by atoms with Crippen LogP contribution >= 0.6 is 0 Å². The van der Waals surface area contributed by atoms with Gasteiger partial charge in [-0.1, -0.05) is 30.3 Å². The quantitative estimate of drug-likeness (QED) is 0.254. The van der Waals surface area contributed by atoms with Crippen LogP contribution in [0, 0.1) is 10.1 Å². The normalized spacial score (nSPS) is 15.0. The van der Waals surface area contributed by atoms with Crippen molar-refractivity contribution in [3.63, 3.8) is 0 Å². The number of barbiturate groups is 1. The highest BCUT2D eigenvalue weighted by Gasteiger charge is 2.36. The average molecular weight is 447 g/mol. The summed E-state index contributed by atoms with van der Waals surface area (Å²) in [6, 6.07) is 15.1. The molecule has 4 amide bonds. The number of carbonyl (C=O) groups is 3. The van der Waals surface area contributed by atoms with E-state index in [2.05, 4.69) is 5.32 Å². The van der Waals surface area contributed by atoms with Gasteiger partial charge in [-0.05, 0) is 29.8 Å². The first kappa shape index (κ1) is 21.5. The predicted molar refractivity (Wildman–Crippen MR) is 115 cm³/mol.